The third-order valence-electron chi connectivity index (χ3n) is 2.60. The molecule has 3 N–H and O–H groups in total. The Morgan fingerprint density at radius 2 is 1.95 bits per heavy atom. The topological polar surface area (TPSA) is 77.1 Å². The van der Waals surface area contributed by atoms with Crippen molar-refractivity contribution in [2.24, 2.45) is 10.9 Å². The van der Waals surface area contributed by atoms with E-state index in [9.17, 15) is 0 Å². The molecule has 0 aliphatic rings. The van der Waals surface area contributed by atoms with E-state index in [1.807, 2.05) is 12.1 Å². The highest BCUT2D eigenvalue weighted by molar-refractivity contribution is 9.10. The summed E-state index contributed by atoms with van der Waals surface area (Å²) in [4.78, 5) is 0. The molecule has 6 heteroatoms. The third kappa shape index (κ3) is 3.21. The second-order valence-corrected chi connectivity index (χ2v) is 4.82. The maximum atomic E-state index is 8.81. The number of oxime groups is 1. The Labute approximate surface area is 124 Å². The van der Waals surface area contributed by atoms with E-state index in [0.29, 0.717) is 22.8 Å². The molecule has 5 nitrogen and oxygen atoms in total. The molecule has 0 unspecified atom stereocenters. The second kappa shape index (κ2) is 6.29. The quantitative estimate of drug-likeness (QED) is 0.388. The first-order valence-electron chi connectivity index (χ1n) is 5.73. The van der Waals surface area contributed by atoms with Crippen LogP contribution in [-0.2, 0) is 0 Å². The van der Waals surface area contributed by atoms with E-state index in [4.69, 9.17) is 20.4 Å². The van der Waals surface area contributed by atoms with Gasteiger partial charge in [0.15, 0.2) is 5.84 Å². The van der Waals surface area contributed by atoms with Crippen molar-refractivity contribution < 1.29 is 14.7 Å². The molecule has 0 saturated heterocycles. The van der Waals surface area contributed by atoms with Crippen molar-refractivity contribution in [2.45, 2.75) is 0 Å². The molecule has 0 fully saturated rings. The van der Waals surface area contributed by atoms with Crippen LogP contribution in [0, 0.1) is 0 Å². The summed E-state index contributed by atoms with van der Waals surface area (Å²) in [5.74, 6) is 1.73. The van der Waals surface area contributed by atoms with Gasteiger partial charge >= 0.3 is 0 Å². The van der Waals surface area contributed by atoms with Crippen molar-refractivity contribution >= 4 is 21.8 Å². The highest BCUT2D eigenvalue weighted by Crippen LogP contribution is 2.30. The van der Waals surface area contributed by atoms with Gasteiger partial charge < -0.3 is 20.4 Å². The molecule has 0 aliphatic carbocycles. The molecule has 0 radical (unpaired) electrons. The Morgan fingerprint density at radius 1 is 1.20 bits per heavy atom. The fourth-order valence-electron chi connectivity index (χ4n) is 1.64. The standard InChI is InChI=1S/C14H13BrN2O3/c1-19-10-3-2-4-11(8-10)20-13-7-9(15)5-6-12(13)14(16)17-18/h2-8,18H,1H3,(H2,16,17). The fourth-order valence-corrected chi connectivity index (χ4v) is 1.98. The van der Waals surface area contributed by atoms with Crippen molar-refractivity contribution in [3.63, 3.8) is 0 Å². The maximum absolute atomic E-state index is 8.81. The van der Waals surface area contributed by atoms with Crippen molar-refractivity contribution in [3.8, 4) is 17.2 Å². The largest absolute Gasteiger partial charge is 0.497 e. The average molecular weight is 337 g/mol. The van der Waals surface area contributed by atoms with Crippen molar-refractivity contribution in [2.75, 3.05) is 7.11 Å². The van der Waals surface area contributed by atoms with Crippen LogP contribution in [0.25, 0.3) is 0 Å². The molecule has 0 amide bonds. The van der Waals surface area contributed by atoms with E-state index >= 15 is 0 Å². The van der Waals surface area contributed by atoms with Crippen LogP contribution in [-0.4, -0.2) is 18.2 Å². The second-order valence-electron chi connectivity index (χ2n) is 3.91. The summed E-state index contributed by atoms with van der Waals surface area (Å²) >= 11 is 3.36. The molecule has 2 rings (SSSR count). The zero-order chi connectivity index (χ0) is 14.5. The first-order chi connectivity index (χ1) is 9.63. The SMILES string of the molecule is COc1cccc(Oc2cc(Br)ccc2/C(N)=N/O)c1. The van der Waals surface area contributed by atoms with E-state index in [1.54, 1.807) is 37.4 Å². The van der Waals surface area contributed by atoms with Crippen LogP contribution in [0.4, 0.5) is 0 Å². The highest BCUT2D eigenvalue weighted by Gasteiger charge is 2.10. The molecule has 0 spiro atoms. The molecule has 0 heterocycles. The van der Waals surface area contributed by atoms with Gasteiger partial charge in [0.2, 0.25) is 0 Å². The number of rotatable bonds is 4. The Kier molecular flexibility index (Phi) is 4.47. The molecule has 0 atom stereocenters. The van der Waals surface area contributed by atoms with Gasteiger partial charge in [-0.3, -0.25) is 0 Å². The van der Waals surface area contributed by atoms with Crippen molar-refractivity contribution in [1.29, 1.82) is 0 Å². The predicted molar refractivity (Wildman–Crippen MR) is 79.7 cm³/mol. The molecule has 2 aromatic rings. The number of nitrogens with zero attached hydrogens (tertiary/aromatic N) is 1. The van der Waals surface area contributed by atoms with Gasteiger partial charge in [-0.25, -0.2) is 0 Å². The summed E-state index contributed by atoms with van der Waals surface area (Å²) in [6, 6.07) is 12.4. The van der Waals surface area contributed by atoms with Crippen LogP contribution in [0.2, 0.25) is 0 Å². The van der Waals surface area contributed by atoms with Gasteiger partial charge in [-0.15, -0.1) is 0 Å². The molecule has 0 bridgehead atoms. The summed E-state index contributed by atoms with van der Waals surface area (Å²) in [5.41, 5.74) is 6.13. The van der Waals surface area contributed by atoms with Crippen molar-refractivity contribution in [1.82, 2.24) is 0 Å². The predicted octanol–water partition coefficient (Wildman–Crippen LogP) is 3.34. The van der Waals surface area contributed by atoms with Crippen LogP contribution in [0.3, 0.4) is 0 Å². The molecule has 0 saturated carbocycles. The third-order valence-corrected chi connectivity index (χ3v) is 3.09. The normalized spacial score (nSPS) is 11.2. The van der Waals surface area contributed by atoms with Crippen molar-refractivity contribution in [3.05, 3.63) is 52.5 Å². The average Bonchev–Trinajstić information content (AvgIpc) is 2.47. The fraction of sp³-hybridized carbons (Fsp3) is 0.0714. The monoisotopic (exact) mass is 336 g/mol. The van der Waals surface area contributed by atoms with Crippen LogP contribution in [0.15, 0.2) is 52.1 Å². The Balaban J connectivity index is 2.39. The molecule has 0 aromatic heterocycles. The van der Waals surface area contributed by atoms with E-state index in [-0.39, 0.29) is 5.84 Å². The van der Waals surface area contributed by atoms with E-state index in [2.05, 4.69) is 21.1 Å². The van der Waals surface area contributed by atoms with Crippen LogP contribution >= 0.6 is 15.9 Å². The minimum atomic E-state index is -0.0182. The number of hydrogen-bond donors (Lipinski definition) is 2. The molecule has 104 valence electrons. The minimum Gasteiger partial charge on any atom is -0.497 e. The lowest BCUT2D eigenvalue weighted by Crippen LogP contribution is -2.14. The number of ether oxygens (including phenoxy) is 2. The number of amidine groups is 1. The van der Waals surface area contributed by atoms with Gasteiger partial charge in [-0.2, -0.15) is 0 Å². The Bertz CT molecular complexity index is 644. The summed E-state index contributed by atoms with van der Waals surface area (Å²) in [7, 11) is 1.58. The smallest absolute Gasteiger partial charge is 0.173 e. The molecule has 0 aliphatic heterocycles. The van der Waals surface area contributed by atoms with E-state index in [0.717, 1.165) is 4.47 Å². The zero-order valence-electron chi connectivity index (χ0n) is 10.7. The van der Waals surface area contributed by atoms with Crippen LogP contribution in [0.5, 0.6) is 17.2 Å². The molecular formula is C14H13BrN2O3. The van der Waals surface area contributed by atoms with Gasteiger partial charge in [0, 0.05) is 10.5 Å². The lowest BCUT2D eigenvalue weighted by Gasteiger charge is -2.11. The lowest BCUT2D eigenvalue weighted by atomic mass is 10.2. The number of nitrogens with two attached hydrogens (primary N) is 1. The van der Waals surface area contributed by atoms with Gasteiger partial charge in [0.05, 0.1) is 12.7 Å². The number of methoxy groups -OCH3 is 1. The van der Waals surface area contributed by atoms with Gasteiger partial charge in [-0.05, 0) is 30.3 Å². The highest BCUT2D eigenvalue weighted by atomic mass is 79.9. The van der Waals surface area contributed by atoms with Gasteiger partial charge in [0.1, 0.15) is 17.2 Å². The maximum Gasteiger partial charge on any atom is 0.173 e. The van der Waals surface area contributed by atoms with E-state index < -0.39 is 0 Å². The summed E-state index contributed by atoms with van der Waals surface area (Å²) in [6.07, 6.45) is 0. The summed E-state index contributed by atoms with van der Waals surface area (Å²) < 4.78 is 11.7. The first kappa shape index (κ1) is 14.2. The minimum absolute atomic E-state index is 0.0182. The Hall–Kier alpha value is -2.21. The summed E-state index contributed by atoms with van der Waals surface area (Å²) in [5, 5.41) is 11.8. The zero-order valence-corrected chi connectivity index (χ0v) is 12.3. The molecular weight excluding hydrogens is 324 g/mol. The number of halogens is 1. The van der Waals surface area contributed by atoms with Crippen LogP contribution in [0.1, 0.15) is 5.56 Å². The first-order valence-corrected chi connectivity index (χ1v) is 6.52. The van der Waals surface area contributed by atoms with Gasteiger partial charge in [0.25, 0.3) is 0 Å². The Morgan fingerprint density at radius 3 is 2.65 bits per heavy atom. The van der Waals surface area contributed by atoms with Gasteiger partial charge in [-0.1, -0.05) is 27.2 Å². The lowest BCUT2D eigenvalue weighted by molar-refractivity contribution is 0.318. The van der Waals surface area contributed by atoms with Crippen LogP contribution < -0.4 is 15.2 Å². The molecule has 20 heavy (non-hydrogen) atoms. The summed E-state index contributed by atoms with van der Waals surface area (Å²) in [6.45, 7) is 0. The number of benzene rings is 2. The molecule has 2 aromatic carbocycles. The number of hydrogen-bond acceptors (Lipinski definition) is 4. The van der Waals surface area contributed by atoms with E-state index in [1.165, 1.54) is 0 Å².